The molecule has 1 aliphatic rings. The number of carbonyl (C=O) groups excluding carboxylic acids is 1. The minimum absolute atomic E-state index is 0.189. The Morgan fingerprint density at radius 3 is 2.39 bits per heavy atom. The third kappa shape index (κ3) is 4.57. The maximum absolute atomic E-state index is 13.0. The topological polar surface area (TPSA) is 71.8 Å². The van der Waals surface area contributed by atoms with Crippen LogP contribution in [-0.2, 0) is 4.79 Å². The zero-order valence-corrected chi connectivity index (χ0v) is 17.5. The predicted octanol–water partition coefficient (Wildman–Crippen LogP) is 5.13. The van der Waals surface area contributed by atoms with Crippen molar-refractivity contribution < 1.29 is 9.18 Å². The van der Waals surface area contributed by atoms with E-state index < -0.39 is 0 Å². The molecule has 0 radical (unpaired) electrons. The van der Waals surface area contributed by atoms with Crippen LogP contribution in [0.15, 0.2) is 97.1 Å². The Morgan fingerprint density at radius 2 is 1.67 bits per heavy atom. The van der Waals surface area contributed by atoms with Gasteiger partial charge in [-0.2, -0.15) is 4.98 Å². The summed E-state index contributed by atoms with van der Waals surface area (Å²) in [7, 11) is 0. The number of allylic oxidation sites excluding steroid dienone is 1. The Hall–Kier alpha value is -4.52. The number of halogens is 1. The first-order chi connectivity index (χ1) is 16.2. The molecule has 5 rings (SSSR count). The number of benzene rings is 3. The summed E-state index contributed by atoms with van der Waals surface area (Å²) in [6.45, 7) is 0. The molecular weight excluding hydrogens is 417 g/mol. The Labute approximate surface area is 190 Å². The average molecular weight is 437 g/mol. The van der Waals surface area contributed by atoms with E-state index >= 15 is 0 Å². The van der Waals surface area contributed by atoms with E-state index in [-0.39, 0.29) is 23.7 Å². The molecule has 0 saturated heterocycles. The molecule has 33 heavy (non-hydrogen) atoms. The highest BCUT2D eigenvalue weighted by atomic mass is 19.1. The van der Waals surface area contributed by atoms with E-state index in [0.717, 1.165) is 16.8 Å². The van der Waals surface area contributed by atoms with Crippen molar-refractivity contribution in [3.05, 3.63) is 120 Å². The van der Waals surface area contributed by atoms with Gasteiger partial charge in [0, 0.05) is 11.8 Å². The maximum atomic E-state index is 13.0. The lowest BCUT2D eigenvalue weighted by Gasteiger charge is -2.24. The van der Waals surface area contributed by atoms with Crippen molar-refractivity contribution in [2.45, 2.75) is 6.04 Å². The molecule has 2 heterocycles. The average Bonchev–Trinajstić information content (AvgIpc) is 3.26. The van der Waals surface area contributed by atoms with E-state index in [2.05, 4.69) is 26.8 Å². The number of aromatic nitrogens is 3. The molecule has 6 nitrogen and oxygen atoms in total. The second-order valence-corrected chi connectivity index (χ2v) is 7.50. The highest BCUT2D eigenvalue weighted by molar-refractivity contribution is 6.01. The first-order valence-electron chi connectivity index (χ1n) is 10.5. The largest absolute Gasteiger partial charge is 0.324 e. The van der Waals surface area contributed by atoms with Crippen LogP contribution in [-0.4, -0.2) is 20.7 Å². The van der Waals surface area contributed by atoms with Crippen molar-refractivity contribution in [2.75, 3.05) is 10.6 Å². The number of rotatable bonds is 5. The molecule has 1 atom stereocenters. The van der Waals surface area contributed by atoms with Gasteiger partial charge in [0.1, 0.15) is 11.9 Å². The number of fused-ring (bicyclic) bond motifs is 1. The minimum Gasteiger partial charge on any atom is -0.324 e. The zero-order chi connectivity index (χ0) is 22.6. The Balaban J connectivity index is 1.41. The molecule has 3 aromatic carbocycles. The lowest BCUT2D eigenvalue weighted by molar-refractivity contribution is -0.111. The monoisotopic (exact) mass is 437 g/mol. The fraction of sp³-hybridized carbons (Fsp3) is 0.0385. The first kappa shape index (κ1) is 20.4. The summed E-state index contributed by atoms with van der Waals surface area (Å²) in [6.07, 6.45) is 5.06. The second kappa shape index (κ2) is 8.92. The number of hydrogen-bond acceptors (Lipinski definition) is 4. The molecule has 1 amide bonds. The summed E-state index contributed by atoms with van der Waals surface area (Å²) in [5.41, 5.74) is 3.71. The normalized spacial score (nSPS) is 14.9. The summed E-state index contributed by atoms with van der Waals surface area (Å²) < 4.78 is 14.8. The van der Waals surface area contributed by atoms with Gasteiger partial charge in [-0.1, -0.05) is 72.8 Å². The van der Waals surface area contributed by atoms with Crippen LogP contribution in [0.4, 0.5) is 16.3 Å². The number of anilines is 2. The fourth-order valence-electron chi connectivity index (χ4n) is 3.62. The van der Waals surface area contributed by atoms with E-state index in [0.29, 0.717) is 11.5 Å². The second-order valence-electron chi connectivity index (χ2n) is 7.50. The number of hydrogen-bond donors (Lipinski definition) is 2. The van der Waals surface area contributed by atoms with Crippen LogP contribution in [0.2, 0.25) is 0 Å². The molecule has 0 fully saturated rings. The molecule has 0 unspecified atom stereocenters. The Kier molecular flexibility index (Phi) is 5.51. The van der Waals surface area contributed by atoms with Gasteiger partial charge in [0.2, 0.25) is 5.95 Å². The van der Waals surface area contributed by atoms with Gasteiger partial charge in [0.05, 0.1) is 0 Å². The van der Waals surface area contributed by atoms with Gasteiger partial charge in [0.15, 0.2) is 0 Å². The zero-order valence-electron chi connectivity index (χ0n) is 17.5. The van der Waals surface area contributed by atoms with E-state index in [1.54, 1.807) is 22.9 Å². The number of carbonyl (C=O) groups is 1. The molecule has 0 bridgehead atoms. The van der Waals surface area contributed by atoms with Crippen molar-refractivity contribution in [3.8, 4) is 0 Å². The molecule has 162 valence electrons. The van der Waals surface area contributed by atoms with Crippen molar-refractivity contribution in [1.82, 2.24) is 14.8 Å². The van der Waals surface area contributed by atoms with Crippen molar-refractivity contribution >= 4 is 29.6 Å². The molecule has 1 aliphatic heterocycles. The number of amides is 1. The van der Waals surface area contributed by atoms with Crippen LogP contribution in [0.3, 0.4) is 0 Å². The lowest BCUT2D eigenvalue weighted by atomic mass is 10.0. The van der Waals surface area contributed by atoms with Crippen LogP contribution in [0.5, 0.6) is 0 Å². The molecular formula is C26H20FN5O. The van der Waals surface area contributed by atoms with Crippen molar-refractivity contribution in [1.29, 1.82) is 0 Å². The molecule has 0 saturated carbocycles. The molecule has 2 N–H and O–H groups in total. The van der Waals surface area contributed by atoms with Crippen LogP contribution in [0.1, 0.15) is 22.7 Å². The highest BCUT2D eigenvalue weighted by Gasteiger charge is 2.25. The van der Waals surface area contributed by atoms with E-state index in [9.17, 15) is 9.18 Å². The summed E-state index contributed by atoms with van der Waals surface area (Å²) in [4.78, 5) is 16.9. The van der Waals surface area contributed by atoms with Crippen molar-refractivity contribution in [2.24, 2.45) is 0 Å². The van der Waals surface area contributed by atoms with Gasteiger partial charge in [0.25, 0.3) is 11.9 Å². The van der Waals surface area contributed by atoms with Crippen LogP contribution < -0.4 is 10.6 Å². The molecule has 4 aromatic rings. The SMILES string of the molecule is O=C(/C=C/c1ccc(F)cc1)Nc1nc2n(n1)[C@@H](c1ccccc1)C=C(c1ccccc1)N2. The van der Waals surface area contributed by atoms with Crippen LogP contribution >= 0.6 is 0 Å². The third-order valence-electron chi connectivity index (χ3n) is 5.22. The maximum Gasteiger partial charge on any atom is 0.250 e. The molecule has 7 heteroatoms. The summed E-state index contributed by atoms with van der Waals surface area (Å²) in [6, 6.07) is 25.7. The molecule has 0 spiro atoms. The van der Waals surface area contributed by atoms with E-state index in [1.807, 2.05) is 60.7 Å². The van der Waals surface area contributed by atoms with Gasteiger partial charge in [-0.3, -0.25) is 10.1 Å². The van der Waals surface area contributed by atoms with Crippen molar-refractivity contribution in [3.63, 3.8) is 0 Å². The van der Waals surface area contributed by atoms with Crippen LogP contribution in [0, 0.1) is 5.82 Å². The van der Waals surface area contributed by atoms with E-state index in [4.69, 9.17) is 0 Å². The van der Waals surface area contributed by atoms with E-state index in [1.165, 1.54) is 18.2 Å². The van der Waals surface area contributed by atoms with Crippen LogP contribution in [0.25, 0.3) is 11.8 Å². The summed E-state index contributed by atoms with van der Waals surface area (Å²) >= 11 is 0. The minimum atomic E-state index is -0.380. The molecule has 1 aromatic heterocycles. The summed E-state index contributed by atoms with van der Waals surface area (Å²) in [5.74, 6) is 0.0149. The summed E-state index contributed by atoms with van der Waals surface area (Å²) in [5, 5.41) is 10.5. The third-order valence-corrected chi connectivity index (χ3v) is 5.22. The van der Waals surface area contributed by atoms with Gasteiger partial charge < -0.3 is 5.32 Å². The predicted molar refractivity (Wildman–Crippen MR) is 127 cm³/mol. The lowest BCUT2D eigenvalue weighted by Crippen LogP contribution is -2.20. The first-order valence-corrected chi connectivity index (χ1v) is 10.5. The van der Waals surface area contributed by atoms with Gasteiger partial charge in [-0.15, -0.1) is 5.10 Å². The Bertz CT molecular complexity index is 1330. The fourth-order valence-corrected chi connectivity index (χ4v) is 3.62. The van der Waals surface area contributed by atoms with Gasteiger partial charge in [-0.05, 0) is 41.0 Å². The quantitative estimate of drug-likeness (QED) is 0.425. The number of nitrogens with one attached hydrogen (secondary N) is 2. The van der Waals surface area contributed by atoms with Gasteiger partial charge >= 0.3 is 0 Å². The molecule has 0 aliphatic carbocycles. The standard InChI is InChI=1S/C26H20FN5O/c27-21-14-11-18(12-15-21)13-16-24(33)29-25-30-26-28-22(19-7-3-1-4-8-19)17-23(32(26)31-25)20-9-5-2-6-10-20/h1-17,23H,(H2,28,29,30,31,33)/b16-13+/t23-/m1/s1. The highest BCUT2D eigenvalue weighted by Crippen LogP contribution is 2.33. The number of nitrogens with zero attached hydrogens (tertiary/aromatic N) is 3. The smallest absolute Gasteiger partial charge is 0.250 e. The Morgan fingerprint density at radius 1 is 0.970 bits per heavy atom. The van der Waals surface area contributed by atoms with Gasteiger partial charge in [-0.25, -0.2) is 9.07 Å².